The zero-order chi connectivity index (χ0) is 11.5. The van der Waals surface area contributed by atoms with E-state index >= 15 is 0 Å². The van der Waals surface area contributed by atoms with E-state index < -0.39 is 0 Å². The monoisotopic (exact) mass is 209 g/mol. The summed E-state index contributed by atoms with van der Waals surface area (Å²) in [7, 11) is 0. The average Bonchev–Trinajstić information content (AvgIpc) is 2.27. The van der Waals surface area contributed by atoms with E-state index in [1.807, 2.05) is 0 Å². The van der Waals surface area contributed by atoms with E-state index in [1.54, 1.807) is 6.92 Å². The van der Waals surface area contributed by atoms with Gasteiger partial charge in [-0.3, -0.25) is 0 Å². The van der Waals surface area contributed by atoms with Gasteiger partial charge in [0, 0.05) is 32.6 Å². The van der Waals surface area contributed by atoms with Crippen LogP contribution in [0.1, 0.15) is 39.0 Å². The number of unbranched alkanes of at least 4 members (excludes halogenated alkanes) is 1. The molecule has 0 aromatic rings. The van der Waals surface area contributed by atoms with E-state index in [0.29, 0.717) is 19.4 Å². The first-order chi connectivity index (χ1) is 7.24. The molecule has 0 fully saturated rings. The van der Waals surface area contributed by atoms with E-state index in [0.717, 1.165) is 19.3 Å². The Labute approximate surface area is 89.5 Å². The molecule has 0 aromatic carbocycles. The molecular formula is C9H17N6+3. The maximum atomic E-state index is 8.73. The van der Waals surface area contributed by atoms with Gasteiger partial charge in [-0.15, -0.1) is 0 Å². The number of hydrogen-bond acceptors (Lipinski definition) is 3. The second-order valence-electron chi connectivity index (χ2n) is 3.67. The highest BCUT2D eigenvalue weighted by atomic mass is 14.9. The van der Waals surface area contributed by atoms with Gasteiger partial charge in [0.05, 0.1) is 0 Å². The average molecular weight is 209 g/mol. The predicted molar refractivity (Wildman–Crippen MR) is 56.5 cm³/mol. The van der Waals surface area contributed by atoms with Crippen LogP contribution in [0.15, 0.2) is 0 Å². The minimum Gasteiger partial charge on any atom is -0.0382 e. The van der Waals surface area contributed by atoms with E-state index in [1.165, 1.54) is 0 Å². The van der Waals surface area contributed by atoms with Crippen LogP contribution in [0.25, 0.3) is 14.9 Å². The fraction of sp³-hybridized carbons (Fsp3) is 1.00. The molecule has 0 N–H and O–H groups in total. The van der Waals surface area contributed by atoms with Crippen LogP contribution in [0.5, 0.6) is 0 Å². The first kappa shape index (κ1) is 13.3. The van der Waals surface area contributed by atoms with Gasteiger partial charge in [-0.05, 0) is 6.42 Å². The third-order valence-corrected chi connectivity index (χ3v) is 2.32. The maximum absolute atomic E-state index is 8.73. The van der Waals surface area contributed by atoms with Crippen molar-refractivity contribution in [1.82, 2.24) is 0 Å². The third-order valence-electron chi connectivity index (χ3n) is 2.32. The Morgan fingerprint density at radius 2 is 1.67 bits per heavy atom. The van der Waals surface area contributed by atoms with Crippen LogP contribution < -0.4 is 0 Å². The third kappa shape index (κ3) is 7.34. The van der Waals surface area contributed by atoms with Crippen molar-refractivity contribution in [3.63, 3.8) is 0 Å². The quantitative estimate of drug-likeness (QED) is 0.476. The van der Waals surface area contributed by atoms with E-state index in [4.69, 9.17) is 16.2 Å². The van der Waals surface area contributed by atoms with Gasteiger partial charge in [-0.25, -0.2) is 0 Å². The molecule has 0 aliphatic rings. The normalized spacial score (nSPS) is 13.2. The summed E-state index contributed by atoms with van der Waals surface area (Å²) in [6.45, 7) is 2.24. The van der Waals surface area contributed by atoms with Crippen LogP contribution in [0.3, 0.4) is 0 Å². The zero-order valence-electron chi connectivity index (χ0n) is 9.08. The Bertz CT molecular complexity index is 280. The molecule has 0 saturated heterocycles. The van der Waals surface area contributed by atoms with Crippen molar-refractivity contribution in [3.05, 3.63) is 14.9 Å². The highest BCUT2D eigenvalue weighted by Gasteiger charge is 2.24. The molecule has 6 heteroatoms. The Morgan fingerprint density at radius 1 is 0.933 bits per heavy atom. The number of rotatable bonds is 7. The SMILES string of the molecule is CC(CCC(CCCC[N+]#N)[N+]#N)[N+]#N. The molecule has 0 bridgehead atoms. The minimum atomic E-state index is -0.110. The lowest BCUT2D eigenvalue weighted by Gasteiger charge is -1.95. The second-order valence-corrected chi connectivity index (χ2v) is 3.67. The number of nitrogens with zero attached hydrogens (tertiary/aromatic N) is 6. The molecule has 2 atom stereocenters. The first-order valence-corrected chi connectivity index (χ1v) is 5.23. The van der Waals surface area contributed by atoms with E-state index in [-0.39, 0.29) is 12.1 Å². The molecule has 0 aliphatic carbocycles. The predicted octanol–water partition coefficient (Wildman–Crippen LogP) is 3.25. The molecule has 0 rings (SSSR count). The summed E-state index contributed by atoms with van der Waals surface area (Å²) in [6.07, 6.45) is 3.84. The second kappa shape index (κ2) is 8.84. The summed E-state index contributed by atoms with van der Waals surface area (Å²) in [5, 5.41) is 25.4. The molecule has 0 spiro atoms. The van der Waals surface area contributed by atoms with Gasteiger partial charge in [0.15, 0.2) is 0 Å². The highest BCUT2D eigenvalue weighted by molar-refractivity contribution is 4.80. The standard InChI is InChI=1S/C9H17N6/c1-8(14-11)5-6-9(15-12)4-2-3-7-13-10/h8-9H,2-7H2,1H3/q+3. The molecular weight excluding hydrogens is 192 g/mol. The lowest BCUT2D eigenvalue weighted by molar-refractivity contribution is 0.551. The molecule has 6 nitrogen and oxygen atoms in total. The zero-order valence-corrected chi connectivity index (χ0v) is 9.08. The Balaban J connectivity index is 3.63. The molecule has 0 saturated carbocycles. The van der Waals surface area contributed by atoms with E-state index in [2.05, 4.69) is 14.9 Å². The molecule has 0 radical (unpaired) electrons. The van der Waals surface area contributed by atoms with Gasteiger partial charge in [-0.1, -0.05) is 0 Å². The van der Waals surface area contributed by atoms with Crippen molar-refractivity contribution >= 4 is 0 Å². The van der Waals surface area contributed by atoms with Crippen LogP contribution >= 0.6 is 0 Å². The summed E-state index contributed by atoms with van der Waals surface area (Å²) in [5.74, 6) is 0. The van der Waals surface area contributed by atoms with E-state index in [9.17, 15) is 0 Å². The summed E-state index contributed by atoms with van der Waals surface area (Å²) in [4.78, 5) is 9.41. The fourth-order valence-corrected chi connectivity index (χ4v) is 1.31. The minimum absolute atomic E-state index is 0.104. The smallest absolute Gasteiger partial charge is 0.0382 e. The van der Waals surface area contributed by atoms with Gasteiger partial charge in [0.25, 0.3) is 0 Å². The Morgan fingerprint density at radius 3 is 2.20 bits per heavy atom. The fourth-order valence-electron chi connectivity index (χ4n) is 1.31. The van der Waals surface area contributed by atoms with Crippen LogP contribution in [-0.2, 0) is 0 Å². The summed E-state index contributed by atoms with van der Waals surface area (Å²) >= 11 is 0. The molecule has 0 aliphatic heterocycles. The molecule has 0 amide bonds. The summed E-state index contributed by atoms with van der Waals surface area (Å²) in [6, 6.07) is -0.213. The van der Waals surface area contributed by atoms with Gasteiger partial charge >= 0.3 is 18.6 Å². The summed E-state index contributed by atoms with van der Waals surface area (Å²) < 4.78 is 0. The van der Waals surface area contributed by atoms with Crippen molar-refractivity contribution in [2.75, 3.05) is 6.54 Å². The highest BCUT2D eigenvalue weighted by Crippen LogP contribution is 2.13. The molecule has 15 heavy (non-hydrogen) atoms. The Kier molecular flexibility index (Phi) is 7.82. The van der Waals surface area contributed by atoms with Gasteiger partial charge < -0.3 is 0 Å². The van der Waals surface area contributed by atoms with Crippen LogP contribution in [-0.4, -0.2) is 18.6 Å². The van der Waals surface area contributed by atoms with Crippen LogP contribution in [0.4, 0.5) is 0 Å². The molecule has 0 heterocycles. The summed E-state index contributed by atoms with van der Waals surface area (Å²) in [5.41, 5.74) is 0. The lowest BCUT2D eigenvalue weighted by Crippen LogP contribution is -2.06. The van der Waals surface area contributed by atoms with Gasteiger partial charge in [0.2, 0.25) is 16.2 Å². The van der Waals surface area contributed by atoms with Crippen molar-refractivity contribution in [2.45, 2.75) is 51.1 Å². The van der Waals surface area contributed by atoms with Crippen LogP contribution in [0, 0.1) is 16.2 Å². The van der Waals surface area contributed by atoms with Crippen molar-refractivity contribution < 1.29 is 0 Å². The Hall–Kier alpha value is -1.74. The first-order valence-electron chi connectivity index (χ1n) is 5.23. The molecule has 2 unspecified atom stereocenters. The number of hydrogen-bond donors (Lipinski definition) is 0. The van der Waals surface area contributed by atoms with Gasteiger partial charge in [-0.2, -0.15) is 0 Å². The van der Waals surface area contributed by atoms with Crippen molar-refractivity contribution in [3.8, 4) is 0 Å². The van der Waals surface area contributed by atoms with Crippen molar-refractivity contribution in [1.29, 1.82) is 16.2 Å². The molecule has 0 aromatic heterocycles. The van der Waals surface area contributed by atoms with Crippen molar-refractivity contribution in [2.24, 2.45) is 0 Å². The topological polar surface area (TPSA) is 84.4 Å². The molecule has 80 valence electrons. The number of diazo groups is 3. The largest absolute Gasteiger partial charge is 0.314 e. The van der Waals surface area contributed by atoms with Crippen LogP contribution in [0.2, 0.25) is 0 Å². The lowest BCUT2D eigenvalue weighted by atomic mass is 10.0. The maximum Gasteiger partial charge on any atom is 0.314 e. The van der Waals surface area contributed by atoms with Gasteiger partial charge in [0.1, 0.15) is 14.9 Å².